The van der Waals surface area contributed by atoms with Crippen molar-refractivity contribution in [3.05, 3.63) is 84.9 Å². The van der Waals surface area contributed by atoms with E-state index in [4.69, 9.17) is 0 Å². The second-order valence-electron chi connectivity index (χ2n) is 7.34. The molecule has 0 atom stereocenters. The van der Waals surface area contributed by atoms with Gasteiger partial charge >= 0.3 is 0 Å². The molecule has 0 saturated heterocycles. The average Bonchev–Trinajstić information content (AvgIpc) is 3.20. The van der Waals surface area contributed by atoms with Gasteiger partial charge in [-0.3, -0.25) is 2.78 Å². The van der Waals surface area contributed by atoms with Crippen LogP contribution in [0.5, 0.6) is 0 Å². The monoisotopic (exact) mass is 472 g/mol. The van der Waals surface area contributed by atoms with E-state index in [1.807, 2.05) is 0 Å². The van der Waals surface area contributed by atoms with Gasteiger partial charge in [-0.2, -0.15) is 0 Å². The quantitative estimate of drug-likeness (QED) is 0.222. The van der Waals surface area contributed by atoms with Crippen LogP contribution in [0, 0.1) is 0 Å². The third-order valence-electron chi connectivity index (χ3n) is 5.86. The van der Waals surface area contributed by atoms with Gasteiger partial charge in [0.2, 0.25) is 0 Å². The van der Waals surface area contributed by atoms with Crippen molar-refractivity contribution >= 4 is 66.5 Å². The molecule has 2 nitrogen and oxygen atoms in total. The Labute approximate surface area is 176 Å². The number of nitrogens with zero attached hydrogens (tertiary/aromatic N) is 2. The van der Waals surface area contributed by atoms with E-state index >= 15 is 0 Å². The number of hydrogen-bond acceptors (Lipinski definition) is 0. The zero-order valence-corrected chi connectivity index (χ0v) is 17.5. The first-order chi connectivity index (χ1) is 13.7. The molecule has 3 heteroatoms. The molecule has 6 rings (SSSR count). The molecule has 2 heterocycles. The Morgan fingerprint density at radius 1 is 0.536 bits per heavy atom. The fourth-order valence-electron chi connectivity index (χ4n) is 4.44. The first-order valence-corrected chi connectivity index (χ1v) is 10.4. The molecular weight excluding hydrogens is 455 g/mol. The van der Waals surface area contributed by atoms with Crippen molar-refractivity contribution in [2.75, 3.05) is 0 Å². The highest BCUT2D eigenvalue weighted by atomic mass is 127. The predicted molar refractivity (Wildman–Crippen MR) is 128 cm³/mol. The fourth-order valence-corrected chi connectivity index (χ4v) is 5.29. The Morgan fingerprint density at radius 3 is 1.93 bits per heavy atom. The fraction of sp³-hybridized carbons (Fsp3) is 0.0400. The van der Waals surface area contributed by atoms with E-state index in [0.29, 0.717) is 0 Å². The van der Waals surface area contributed by atoms with E-state index in [9.17, 15) is 0 Å². The smallest absolute Gasteiger partial charge is 0.0646 e. The largest absolute Gasteiger partial charge is 0.344 e. The highest BCUT2D eigenvalue weighted by Crippen LogP contribution is 2.36. The highest BCUT2D eigenvalue weighted by molar-refractivity contribution is 14.1. The molecule has 2 aromatic heterocycles. The number of benzene rings is 4. The zero-order chi connectivity index (χ0) is 18.8. The van der Waals surface area contributed by atoms with Crippen LogP contribution < -0.4 is 0 Å². The Kier molecular flexibility index (Phi) is 3.38. The van der Waals surface area contributed by atoms with Crippen molar-refractivity contribution in [2.45, 2.75) is 0 Å². The van der Waals surface area contributed by atoms with Crippen LogP contribution in [0.15, 0.2) is 84.9 Å². The summed E-state index contributed by atoms with van der Waals surface area (Å²) in [5.74, 6) is 0. The van der Waals surface area contributed by atoms with E-state index < -0.39 is 0 Å². The van der Waals surface area contributed by atoms with E-state index in [2.05, 4.69) is 122 Å². The summed E-state index contributed by atoms with van der Waals surface area (Å²) < 4.78 is 4.54. The SMILES string of the molecule is Cn1c2ccccc2c2ccc(-c3ccc4c(c3)c3ccccc3n4I)cc21. The average molecular weight is 472 g/mol. The second-order valence-corrected chi connectivity index (χ2v) is 8.30. The molecule has 0 aliphatic carbocycles. The minimum absolute atomic E-state index is 1.26. The summed E-state index contributed by atoms with van der Waals surface area (Å²) in [6, 6.07) is 30.9. The molecule has 0 fully saturated rings. The molecule has 0 unspecified atom stereocenters. The van der Waals surface area contributed by atoms with E-state index in [1.165, 1.54) is 54.7 Å². The molecule has 0 saturated carbocycles. The summed E-state index contributed by atoms with van der Waals surface area (Å²) in [5, 5.41) is 5.24. The number of fused-ring (bicyclic) bond motifs is 6. The molecule has 0 radical (unpaired) electrons. The van der Waals surface area contributed by atoms with E-state index in [0.717, 1.165) is 0 Å². The van der Waals surface area contributed by atoms with Crippen LogP contribution in [0.2, 0.25) is 0 Å². The van der Waals surface area contributed by atoms with Crippen molar-refractivity contribution in [3.63, 3.8) is 0 Å². The lowest BCUT2D eigenvalue weighted by Crippen LogP contribution is -1.87. The first kappa shape index (κ1) is 16.2. The summed E-state index contributed by atoms with van der Waals surface area (Å²) in [6.45, 7) is 0. The number of aromatic nitrogens is 2. The van der Waals surface area contributed by atoms with Crippen LogP contribution in [-0.2, 0) is 7.05 Å². The maximum Gasteiger partial charge on any atom is 0.0646 e. The van der Waals surface area contributed by atoms with Crippen LogP contribution in [0.1, 0.15) is 0 Å². The number of para-hydroxylation sites is 2. The molecule has 0 aliphatic heterocycles. The minimum Gasteiger partial charge on any atom is -0.344 e. The Bertz CT molecular complexity index is 1530. The first-order valence-electron chi connectivity index (χ1n) is 9.39. The van der Waals surface area contributed by atoms with Crippen molar-refractivity contribution < 1.29 is 0 Å². The number of rotatable bonds is 1. The van der Waals surface area contributed by atoms with Crippen molar-refractivity contribution in [1.82, 2.24) is 7.35 Å². The molecule has 0 spiro atoms. The lowest BCUT2D eigenvalue weighted by Gasteiger charge is -2.05. The van der Waals surface area contributed by atoms with Gasteiger partial charge in [-0.15, -0.1) is 0 Å². The minimum atomic E-state index is 1.26. The number of aryl methyl sites for hydroxylation is 1. The molecule has 4 aromatic carbocycles. The predicted octanol–water partition coefficient (Wildman–Crippen LogP) is 7.30. The van der Waals surface area contributed by atoms with Gasteiger partial charge in [-0.1, -0.05) is 54.6 Å². The van der Waals surface area contributed by atoms with Crippen LogP contribution in [0.25, 0.3) is 54.7 Å². The maximum atomic E-state index is 2.39. The summed E-state index contributed by atoms with van der Waals surface area (Å²) >= 11 is 2.39. The number of halogens is 1. The van der Waals surface area contributed by atoms with Gasteiger partial charge in [0.25, 0.3) is 0 Å². The van der Waals surface area contributed by atoms with Gasteiger partial charge in [0, 0.05) is 39.6 Å². The van der Waals surface area contributed by atoms with Crippen molar-refractivity contribution in [2.24, 2.45) is 7.05 Å². The van der Waals surface area contributed by atoms with Crippen LogP contribution in [-0.4, -0.2) is 7.35 Å². The maximum absolute atomic E-state index is 2.39. The molecular formula is C25H17IN2. The van der Waals surface area contributed by atoms with Crippen molar-refractivity contribution in [3.8, 4) is 11.1 Å². The summed E-state index contributed by atoms with van der Waals surface area (Å²) in [7, 11) is 2.15. The Hall–Kier alpha value is -2.79. The molecule has 0 amide bonds. The molecule has 0 aliphatic rings. The molecule has 134 valence electrons. The topological polar surface area (TPSA) is 9.86 Å². The van der Waals surface area contributed by atoms with Crippen LogP contribution in [0.4, 0.5) is 0 Å². The number of hydrogen-bond donors (Lipinski definition) is 0. The zero-order valence-electron chi connectivity index (χ0n) is 15.4. The van der Waals surface area contributed by atoms with Gasteiger partial charge in [0.15, 0.2) is 0 Å². The summed E-state index contributed by atoms with van der Waals surface area (Å²) in [6.07, 6.45) is 0. The van der Waals surface area contributed by atoms with E-state index in [-0.39, 0.29) is 0 Å². The lowest BCUT2D eigenvalue weighted by atomic mass is 10.0. The highest BCUT2D eigenvalue weighted by Gasteiger charge is 2.12. The summed E-state index contributed by atoms with van der Waals surface area (Å²) in [5.41, 5.74) is 7.59. The van der Waals surface area contributed by atoms with Gasteiger partial charge < -0.3 is 4.57 Å². The second kappa shape index (κ2) is 5.85. The molecule has 28 heavy (non-hydrogen) atoms. The molecule has 6 aromatic rings. The van der Waals surface area contributed by atoms with E-state index in [1.54, 1.807) is 0 Å². The summed E-state index contributed by atoms with van der Waals surface area (Å²) in [4.78, 5) is 0. The van der Waals surface area contributed by atoms with Gasteiger partial charge in [0.1, 0.15) is 0 Å². The van der Waals surface area contributed by atoms with Gasteiger partial charge in [-0.25, -0.2) is 0 Å². The van der Waals surface area contributed by atoms with Crippen LogP contribution in [0.3, 0.4) is 0 Å². The van der Waals surface area contributed by atoms with Gasteiger partial charge in [0.05, 0.1) is 33.9 Å². The Balaban J connectivity index is 1.62. The van der Waals surface area contributed by atoms with Gasteiger partial charge in [-0.05, 0) is 41.5 Å². The third-order valence-corrected chi connectivity index (χ3v) is 6.90. The lowest BCUT2D eigenvalue weighted by molar-refractivity contribution is 1.01. The van der Waals surface area contributed by atoms with Crippen LogP contribution >= 0.6 is 22.9 Å². The standard InChI is InChI=1S/C25H17IN2/c1-27-22-8-4-2-6-18(22)20-12-10-17(15-25(20)27)16-11-13-24-21(14-16)19-7-3-5-9-23(19)28(24)26/h2-15H,1H3. The third kappa shape index (κ3) is 2.14. The molecule has 0 N–H and O–H groups in total. The normalized spacial score (nSPS) is 11.9. The Morgan fingerprint density at radius 2 is 1.11 bits per heavy atom. The van der Waals surface area contributed by atoms with Crippen molar-refractivity contribution in [1.29, 1.82) is 0 Å². The molecule has 0 bridgehead atoms.